The molecule has 0 spiro atoms. The predicted molar refractivity (Wildman–Crippen MR) is 106 cm³/mol. The number of piperazine rings is 1. The molecule has 4 rings (SSSR count). The van der Waals surface area contributed by atoms with E-state index in [9.17, 15) is 0 Å². The molecule has 26 heavy (non-hydrogen) atoms. The number of hydrogen-bond donors (Lipinski definition) is 0. The predicted octanol–water partition coefficient (Wildman–Crippen LogP) is 2.86. The van der Waals surface area contributed by atoms with Gasteiger partial charge in [-0.15, -0.1) is 0 Å². The van der Waals surface area contributed by atoms with Crippen molar-refractivity contribution in [1.29, 1.82) is 0 Å². The summed E-state index contributed by atoms with van der Waals surface area (Å²) in [6.07, 6.45) is 4.52. The summed E-state index contributed by atoms with van der Waals surface area (Å²) >= 11 is 0. The van der Waals surface area contributed by atoms with E-state index >= 15 is 0 Å². The second kappa shape index (κ2) is 8.76. The lowest BCUT2D eigenvalue weighted by atomic mass is 10.0. The lowest BCUT2D eigenvalue weighted by Crippen LogP contribution is -2.52. The number of piperidine rings is 1. The second-order valence-electron chi connectivity index (χ2n) is 7.63. The minimum atomic E-state index is 0.777. The third kappa shape index (κ3) is 4.70. The van der Waals surface area contributed by atoms with Gasteiger partial charge in [-0.05, 0) is 43.6 Å². The highest BCUT2D eigenvalue weighted by Gasteiger charge is 2.27. The van der Waals surface area contributed by atoms with Crippen LogP contribution in [0.4, 0.5) is 0 Å². The first-order valence-corrected chi connectivity index (χ1v) is 9.99. The van der Waals surface area contributed by atoms with Crippen molar-refractivity contribution in [3.63, 3.8) is 0 Å². The normalized spacial score (nSPS) is 21.1. The molecule has 0 aliphatic carbocycles. The lowest BCUT2D eigenvalue weighted by Gasteiger charge is -2.42. The average Bonchev–Trinajstić information content (AvgIpc) is 2.71. The zero-order valence-electron chi connectivity index (χ0n) is 15.6. The Hall–Kier alpha value is -1.75. The van der Waals surface area contributed by atoms with Crippen molar-refractivity contribution in [2.45, 2.75) is 32.0 Å². The summed E-state index contributed by atoms with van der Waals surface area (Å²) in [6, 6.07) is 17.9. The Kier molecular flexibility index (Phi) is 5.95. The van der Waals surface area contributed by atoms with Crippen molar-refractivity contribution in [1.82, 2.24) is 19.7 Å². The zero-order chi connectivity index (χ0) is 17.6. The molecule has 2 aromatic rings. The van der Waals surface area contributed by atoms with Crippen LogP contribution in [-0.2, 0) is 13.1 Å². The second-order valence-corrected chi connectivity index (χ2v) is 7.63. The number of nitrogens with zero attached hydrogens (tertiary/aromatic N) is 4. The van der Waals surface area contributed by atoms with E-state index in [-0.39, 0.29) is 0 Å². The van der Waals surface area contributed by atoms with Crippen LogP contribution in [0.2, 0.25) is 0 Å². The first kappa shape index (κ1) is 17.7. The topological polar surface area (TPSA) is 22.6 Å². The number of benzene rings is 1. The van der Waals surface area contributed by atoms with E-state index in [4.69, 9.17) is 0 Å². The van der Waals surface area contributed by atoms with Crippen LogP contribution in [0.3, 0.4) is 0 Å². The van der Waals surface area contributed by atoms with Crippen molar-refractivity contribution >= 4 is 0 Å². The van der Waals surface area contributed by atoms with Gasteiger partial charge in [0.1, 0.15) is 0 Å². The molecule has 2 saturated heterocycles. The van der Waals surface area contributed by atoms with Crippen molar-refractivity contribution < 1.29 is 0 Å². The molecule has 3 heterocycles. The van der Waals surface area contributed by atoms with Crippen LogP contribution in [-0.4, -0.2) is 65.0 Å². The first-order valence-electron chi connectivity index (χ1n) is 9.99. The third-order valence-corrected chi connectivity index (χ3v) is 5.84. The standard InChI is InChI=1S/C22H30N4/c1-2-6-20(7-3-1)18-24-12-9-22(10-13-24)26-16-14-25(15-17-26)19-21-8-4-5-11-23-21/h1-8,11,22H,9-10,12-19H2. The van der Waals surface area contributed by atoms with Crippen LogP contribution in [0.15, 0.2) is 54.7 Å². The Balaban J connectivity index is 1.20. The Morgan fingerprint density at radius 1 is 0.731 bits per heavy atom. The molecule has 2 aliphatic rings. The summed E-state index contributed by atoms with van der Waals surface area (Å²) in [4.78, 5) is 12.4. The van der Waals surface area contributed by atoms with E-state index in [0.29, 0.717) is 0 Å². The maximum absolute atomic E-state index is 4.46. The molecule has 0 bridgehead atoms. The van der Waals surface area contributed by atoms with E-state index in [2.05, 4.69) is 62.1 Å². The Morgan fingerprint density at radius 2 is 1.42 bits per heavy atom. The fourth-order valence-corrected chi connectivity index (χ4v) is 4.29. The van der Waals surface area contributed by atoms with Gasteiger partial charge in [-0.25, -0.2) is 0 Å². The maximum Gasteiger partial charge on any atom is 0.0543 e. The molecule has 138 valence electrons. The molecule has 0 atom stereocenters. The maximum atomic E-state index is 4.46. The van der Waals surface area contributed by atoms with Crippen molar-refractivity contribution in [2.24, 2.45) is 0 Å². The zero-order valence-corrected chi connectivity index (χ0v) is 15.6. The molecule has 1 aromatic carbocycles. The summed E-state index contributed by atoms with van der Waals surface area (Å²) in [5, 5.41) is 0. The van der Waals surface area contributed by atoms with Crippen LogP contribution in [0.5, 0.6) is 0 Å². The fraction of sp³-hybridized carbons (Fsp3) is 0.500. The van der Waals surface area contributed by atoms with E-state index in [1.807, 2.05) is 12.3 Å². The van der Waals surface area contributed by atoms with Gasteiger partial charge in [0, 0.05) is 51.5 Å². The van der Waals surface area contributed by atoms with Gasteiger partial charge >= 0.3 is 0 Å². The molecule has 0 unspecified atom stereocenters. The largest absolute Gasteiger partial charge is 0.299 e. The molecular weight excluding hydrogens is 320 g/mol. The fourth-order valence-electron chi connectivity index (χ4n) is 4.29. The van der Waals surface area contributed by atoms with E-state index in [1.165, 1.54) is 63.4 Å². The smallest absolute Gasteiger partial charge is 0.0543 e. The summed E-state index contributed by atoms with van der Waals surface area (Å²) in [5.74, 6) is 0. The molecule has 0 saturated carbocycles. The molecule has 2 aliphatic heterocycles. The average molecular weight is 351 g/mol. The van der Waals surface area contributed by atoms with Crippen molar-refractivity contribution in [3.05, 3.63) is 66.0 Å². The summed E-state index contributed by atoms with van der Waals surface area (Å²) in [5.41, 5.74) is 2.63. The molecule has 4 nitrogen and oxygen atoms in total. The van der Waals surface area contributed by atoms with Crippen LogP contribution in [0, 0.1) is 0 Å². The Labute approximate surface area is 157 Å². The van der Waals surface area contributed by atoms with Gasteiger partial charge in [-0.1, -0.05) is 36.4 Å². The van der Waals surface area contributed by atoms with Crippen LogP contribution in [0.1, 0.15) is 24.1 Å². The Bertz CT molecular complexity index is 585. The van der Waals surface area contributed by atoms with E-state index < -0.39 is 0 Å². The number of pyridine rings is 1. The number of aromatic nitrogens is 1. The minimum Gasteiger partial charge on any atom is -0.299 e. The molecule has 0 amide bonds. The molecule has 0 N–H and O–H groups in total. The van der Waals surface area contributed by atoms with Gasteiger partial charge < -0.3 is 0 Å². The highest BCUT2D eigenvalue weighted by Crippen LogP contribution is 2.20. The van der Waals surface area contributed by atoms with Crippen LogP contribution < -0.4 is 0 Å². The lowest BCUT2D eigenvalue weighted by molar-refractivity contribution is 0.0546. The number of rotatable bonds is 5. The summed E-state index contributed by atoms with van der Waals surface area (Å²) in [7, 11) is 0. The summed E-state index contributed by atoms with van der Waals surface area (Å²) in [6.45, 7) is 9.30. The minimum absolute atomic E-state index is 0.777. The van der Waals surface area contributed by atoms with Gasteiger partial charge in [0.15, 0.2) is 0 Å². The van der Waals surface area contributed by atoms with Gasteiger partial charge in [0.25, 0.3) is 0 Å². The van der Waals surface area contributed by atoms with Gasteiger partial charge in [0.05, 0.1) is 5.69 Å². The monoisotopic (exact) mass is 350 g/mol. The third-order valence-electron chi connectivity index (χ3n) is 5.84. The number of hydrogen-bond acceptors (Lipinski definition) is 4. The first-order chi connectivity index (χ1) is 12.9. The molecule has 4 heteroatoms. The van der Waals surface area contributed by atoms with Crippen LogP contribution >= 0.6 is 0 Å². The van der Waals surface area contributed by atoms with Gasteiger partial charge in [-0.3, -0.25) is 19.7 Å². The summed E-state index contributed by atoms with van der Waals surface area (Å²) < 4.78 is 0. The van der Waals surface area contributed by atoms with Gasteiger partial charge in [0.2, 0.25) is 0 Å². The van der Waals surface area contributed by atoms with Crippen molar-refractivity contribution in [2.75, 3.05) is 39.3 Å². The number of likely N-dealkylation sites (tertiary alicyclic amines) is 1. The highest BCUT2D eigenvalue weighted by molar-refractivity contribution is 5.14. The van der Waals surface area contributed by atoms with Crippen molar-refractivity contribution in [3.8, 4) is 0 Å². The Morgan fingerprint density at radius 3 is 2.12 bits per heavy atom. The van der Waals surface area contributed by atoms with Crippen LogP contribution in [0.25, 0.3) is 0 Å². The molecule has 1 aromatic heterocycles. The SMILES string of the molecule is c1ccc(CN2CCC(N3CCN(Cc4ccccn4)CC3)CC2)cc1. The quantitative estimate of drug-likeness (QED) is 0.827. The van der Waals surface area contributed by atoms with Gasteiger partial charge in [-0.2, -0.15) is 0 Å². The van der Waals surface area contributed by atoms with E-state index in [1.54, 1.807) is 0 Å². The van der Waals surface area contributed by atoms with E-state index in [0.717, 1.165) is 19.1 Å². The molecule has 2 fully saturated rings. The highest BCUT2D eigenvalue weighted by atomic mass is 15.3. The molecule has 0 radical (unpaired) electrons. The molecular formula is C22H30N4.